The van der Waals surface area contributed by atoms with E-state index in [1.165, 1.54) is 23.7 Å². The van der Waals surface area contributed by atoms with Crippen LogP contribution in [-0.4, -0.2) is 30.8 Å². The Morgan fingerprint density at radius 1 is 1.23 bits per heavy atom. The van der Waals surface area contributed by atoms with Crippen LogP contribution in [0, 0.1) is 5.92 Å². The maximum absolute atomic E-state index is 12.3. The molecule has 1 aliphatic rings. The molecule has 0 saturated heterocycles. The zero-order chi connectivity index (χ0) is 18.5. The lowest BCUT2D eigenvalue weighted by molar-refractivity contribution is 0.602. The molecule has 1 aromatic carbocycles. The number of aryl methyl sites for hydroxylation is 1. The van der Waals surface area contributed by atoms with Crippen LogP contribution < -0.4 is 10.9 Å². The van der Waals surface area contributed by atoms with E-state index < -0.39 is 9.84 Å². The maximum Gasteiger partial charge on any atom is 0.274 e. The van der Waals surface area contributed by atoms with Crippen molar-refractivity contribution in [3.05, 3.63) is 47.0 Å². The van der Waals surface area contributed by atoms with Gasteiger partial charge in [-0.15, -0.1) is 0 Å². The zero-order valence-electron chi connectivity index (χ0n) is 14.7. The molecule has 1 saturated carbocycles. The highest BCUT2D eigenvalue weighted by atomic mass is 32.2. The minimum absolute atomic E-state index is 0.111. The molecule has 0 atom stereocenters. The Labute approximate surface area is 151 Å². The molecule has 4 rings (SSSR count). The summed E-state index contributed by atoms with van der Waals surface area (Å²) in [5, 5.41) is 4.24. The number of sulfone groups is 1. The summed E-state index contributed by atoms with van der Waals surface area (Å²) in [6, 6.07) is 6.99. The molecule has 26 heavy (non-hydrogen) atoms. The molecule has 7 heteroatoms. The summed E-state index contributed by atoms with van der Waals surface area (Å²) in [7, 11) is -1.63. The highest BCUT2D eigenvalue weighted by Gasteiger charge is 2.22. The Balaban J connectivity index is 1.94. The van der Waals surface area contributed by atoms with Crippen molar-refractivity contribution in [3.8, 4) is 11.1 Å². The van der Waals surface area contributed by atoms with E-state index in [1.807, 2.05) is 12.1 Å². The van der Waals surface area contributed by atoms with Crippen molar-refractivity contribution in [2.75, 3.05) is 18.1 Å². The molecule has 0 aliphatic heterocycles. The first-order valence-corrected chi connectivity index (χ1v) is 10.5. The molecule has 0 radical (unpaired) electrons. The average molecular weight is 371 g/mol. The van der Waals surface area contributed by atoms with Crippen LogP contribution in [0.25, 0.3) is 22.0 Å². The van der Waals surface area contributed by atoms with Crippen molar-refractivity contribution in [1.82, 2.24) is 9.55 Å². The molecule has 3 aromatic rings. The van der Waals surface area contributed by atoms with Crippen molar-refractivity contribution in [1.29, 1.82) is 0 Å². The fourth-order valence-electron chi connectivity index (χ4n) is 3.19. The standard InChI is InChI=1S/C19H21N3O3S/c1-22-11-16(14-7-8-20-18(14)19(22)23)15-9-13(26(2,24)25)5-6-17(15)21-10-12-3-4-12/h5-9,11-12,20-21H,3-4,10H2,1-2H3. The molecule has 6 nitrogen and oxygen atoms in total. The van der Waals surface area contributed by atoms with Crippen LogP contribution in [0.3, 0.4) is 0 Å². The summed E-state index contributed by atoms with van der Waals surface area (Å²) in [5.41, 5.74) is 2.90. The van der Waals surface area contributed by atoms with Crippen molar-refractivity contribution in [3.63, 3.8) is 0 Å². The Bertz CT molecular complexity index is 1150. The van der Waals surface area contributed by atoms with Gasteiger partial charge >= 0.3 is 0 Å². The Kier molecular flexibility index (Phi) is 3.91. The number of fused-ring (bicyclic) bond motifs is 1. The number of anilines is 1. The van der Waals surface area contributed by atoms with Crippen LogP contribution >= 0.6 is 0 Å². The maximum atomic E-state index is 12.3. The average Bonchev–Trinajstić information content (AvgIpc) is 3.29. The van der Waals surface area contributed by atoms with Gasteiger partial charge in [0, 0.05) is 54.4 Å². The molecule has 1 fully saturated rings. The van der Waals surface area contributed by atoms with Gasteiger partial charge in [0.25, 0.3) is 5.56 Å². The Morgan fingerprint density at radius 3 is 2.69 bits per heavy atom. The van der Waals surface area contributed by atoms with E-state index in [2.05, 4.69) is 10.3 Å². The van der Waals surface area contributed by atoms with Crippen molar-refractivity contribution in [2.24, 2.45) is 13.0 Å². The first kappa shape index (κ1) is 16.9. The third kappa shape index (κ3) is 3.03. The van der Waals surface area contributed by atoms with Crippen LogP contribution in [0.1, 0.15) is 12.8 Å². The highest BCUT2D eigenvalue weighted by Crippen LogP contribution is 2.36. The molecule has 0 amide bonds. The molecular weight excluding hydrogens is 350 g/mol. The summed E-state index contributed by atoms with van der Waals surface area (Å²) in [5.74, 6) is 0.685. The van der Waals surface area contributed by atoms with Gasteiger partial charge in [-0.2, -0.15) is 0 Å². The van der Waals surface area contributed by atoms with Gasteiger partial charge < -0.3 is 14.9 Å². The fraction of sp³-hybridized carbons (Fsp3) is 0.316. The van der Waals surface area contributed by atoms with Crippen LogP contribution in [0.4, 0.5) is 5.69 Å². The first-order valence-electron chi connectivity index (χ1n) is 8.59. The molecular formula is C19H21N3O3S. The Morgan fingerprint density at radius 2 is 2.00 bits per heavy atom. The number of hydrogen-bond donors (Lipinski definition) is 2. The van der Waals surface area contributed by atoms with Gasteiger partial charge in [-0.05, 0) is 43.0 Å². The van der Waals surface area contributed by atoms with Gasteiger partial charge in [0.1, 0.15) is 5.52 Å². The Hall–Kier alpha value is -2.54. The van der Waals surface area contributed by atoms with Crippen molar-refractivity contribution >= 4 is 26.4 Å². The van der Waals surface area contributed by atoms with Gasteiger partial charge in [-0.25, -0.2) is 8.42 Å². The molecule has 0 bridgehead atoms. The third-order valence-electron chi connectivity index (χ3n) is 4.88. The number of aromatic nitrogens is 2. The lowest BCUT2D eigenvalue weighted by Crippen LogP contribution is -2.16. The van der Waals surface area contributed by atoms with E-state index in [1.54, 1.807) is 31.6 Å². The number of pyridine rings is 1. The molecule has 0 spiro atoms. The predicted octanol–water partition coefficient (Wildman–Crippen LogP) is 2.76. The number of hydrogen-bond acceptors (Lipinski definition) is 4. The minimum Gasteiger partial charge on any atom is -0.384 e. The highest BCUT2D eigenvalue weighted by molar-refractivity contribution is 7.90. The number of H-pyrrole nitrogens is 1. The predicted molar refractivity (Wildman–Crippen MR) is 103 cm³/mol. The summed E-state index contributed by atoms with van der Waals surface area (Å²) in [6.07, 6.45) is 7.16. The smallest absolute Gasteiger partial charge is 0.274 e. The molecule has 2 heterocycles. The van der Waals surface area contributed by atoms with Crippen LogP contribution in [-0.2, 0) is 16.9 Å². The summed E-state index contributed by atoms with van der Waals surface area (Å²) < 4.78 is 25.6. The van der Waals surface area contributed by atoms with Gasteiger partial charge in [0.05, 0.1) is 4.90 Å². The number of rotatable bonds is 5. The van der Waals surface area contributed by atoms with E-state index >= 15 is 0 Å². The number of benzene rings is 1. The lowest BCUT2D eigenvalue weighted by atomic mass is 10.0. The van der Waals surface area contributed by atoms with Crippen molar-refractivity contribution in [2.45, 2.75) is 17.7 Å². The van der Waals surface area contributed by atoms with Crippen molar-refractivity contribution < 1.29 is 8.42 Å². The summed E-state index contributed by atoms with van der Waals surface area (Å²) in [6.45, 7) is 0.868. The first-order chi connectivity index (χ1) is 12.3. The normalized spacial score (nSPS) is 14.7. The van der Waals surface area contributed by atoms with Crippen LogP contribution in [0.5, 0.6) is 0 Å². The monoisotopic (exact) mass is 371 g/mol. The van der Waals surface area contributed by atoms with Gasteiger partial charge in [0.2, 0.25) is 0 Å². The van der Waals surface area contributed by atoms with Crippen LogP contribution in [0.15, 0.2) is 46.3 Å². The van der Waals surface area contributed by atoms with E-state index in [4.69, 9.17) is 0 Å². The van der Waals surface area contributed by atoms with E-state index in [-0.39, 0.29) is 10.5 Å². The lowest BCUT2D eigenvalue weighted by Gasteiger charge is -2.15. The van der Waals surface area contributed by atoms with Gasteiger partial charge in [-0.3, -0.25) is 4.79 Å². The molecule has 136 valence electrons. The van der Waals surface area contributed by atoms with Crippen LogP contribution in [0.2, 0.25) is 0 Å². The van der Waals surface area contributed by atoms with E-state index in [9.17, 15) is 13.2 Å². The quantitative estimate of drug-likeness (QED) is 0.722. The summed E-state index contributed by atoms with van der Waals surface area (Å²) in [4.78, 5) is 15.6. The minimum atomic E-state index is -3.33. The molecule has 1 aliphatic carbocycles. The fourth-order valence-corrected chi connectivity index (χ4v) is 3.84. The molecule has 0 unspecified atom stereocenters. The molecule has 2 N–H and O–H groups in total. The topological polar surface area (TPSA) is 84.0 Å². The molecule has 2 aromatic heterocycles. The van der Waals surface area contributed by atoms with Gasteiger partial charge in [0.15, 0.2) is 9.84 Å². The second-order valence-corrected chi connectivity index (χ2v) is 9.04. The third-order valence-corrected chi connectivity index (χ3v) is 5.99. The zero-order valence-corrected chi connectivity index (χ0v) is 15.6. The summed E-state index contributed by atoms with van der Waals surface area (Å²) >= 11 is 0. The van der Waals surface area contributed by atoms with E-state index in [0.29, 0.717) is 11.4 Å². The number of nitrogens with one attached hydrogen (secondary N) is 2. The van der Waals surface area contributed by atoms with Gasteiger partial charge in [-0.1, -0.05) is 0 Å². The van der Waals surface area contributed by atoms with E-state index in [0.717, 1.165) is 28.7 Å². The number of nitrogens with zero attached hydrogens (tertiary/aromatic N) is 1. The SMILES string of the molecule is Cn1cc(-c2cc(S(C)(=O)=O)ccc2NCC2CC2)c2cc[nH]c2c1=O. The second-order valence-electron chi connectivity index (χ2n) is 7.03. The second kappa shape index (κ2) is 6.02. The largest absolute Gasteiger partial charge is 0.384 e. The number of aromatic amines is 1.